The van der Waals surface area contributed by atoms with E-state index in [0.29, 0.717) is 25.6 Å². The van der Waals surface area contributed by atoms with E-state index in [9.17, 15) is 13.2 Å². The maximum Gasteiger partial charge on any atom is 0.409 e. The van der Waals surface area contributed by atoms with Gasteiger partial charge in [-0.1, -0.05) is 6.42 Å². The highest BCUT2D eigenvalue weighted by molar-refractivity contribution is 7.89. The first kappa shape index (κ1) is 23.6. The number of rotatable bonds is 7. The van der Waals surface area contributed by atoms with Crippen LogP contribution < -0.4 is 0 Å². The number of piperidine rings is 2. The van der Waals surface area contributed by atoms with Crippen LogP contribution in [0.4, 0.5) is 4.79 Å². The lowest BCUT2D eigenvalue weighted by molar-refractivity contribution is 0.0769. The fraction of sp³-hybridized carbons (Fsp3) is 0.667. The number of nitrogens with one attached hydrogen (secondary N) is 1. The molecule has 10 heteroatoms. The summed E-state index contributed by atoms with van der Waals surface area (Å²) in [4.78, 5) is 23.8. The van der Waals surface area contributed by atoms with E-state index in [0.717, 1.165) is 49.9 Å². The summed E-state index contributed by atoms with van der Waals surface area (Å²) in [7, 11) is -3.41. The van der Waals surface area contributed by atoms with Crippen molar-refractivity contribution in [3.63, 3.8) is 0 Å². The van der Waals surface area contributed by atoms with Crippen molar-refractivity contribution in [3.05, 3.63) is 30.1 Å². The van der Waals surface area contributed by atoms with Crippen LogP contribution in [0.2, 0.25) is 0 Å². The van der Waals surface area contributed by atoms with Crippen molar-refractivity contribution in [2.45, 2.75) is 49.7 Å². The first-order chi connectivity index (χ1) is 16.5. The van der Waals surface area contributed by atoms with E-state index in [1.807, 2.05) is 12.3 Å². The molecule has 0 aliphatic carbocycles. The van der Waals surface area contributed by atoms with Crippen molar-refractivity contribution in [2.24, 2.45) is 0 Å². The number of carbonyl (C=O) groups is 1. The lowest BCUT2D eigenvalue weighted by Crippen LogP contribution is -2.60. The quantitative estimate of drug-likeness (QED) is 0.601. The average Bonchev–Trinajstić information content (AvgIpc) is 3.26. The van der Waals surface area contributed by atoms with Gasteiger partial charge in [-0.15, -0.1) is 0 Å². The van der Waals surface area contributed by atoms with E-state index in [-0.39, 0.29) is 13.1 Å². The van der Waals surface area contributed by atoms with Gasteiger partial charge in [0.1, 0.15) is 10.9 Å². The molecule has 5 heterocycles. The molecule has 5 rings (SSSR count). The number of likely N-dealkylation sites (tertiary alicyclic amines) is 2. The Bertz CT molecular complexity index is 1080. The van der Waals surface area contributed by atoms with E-state index < -0.39 is 21.4 Å². The Labute approximate surface area is 201 Å². The highest BCUT2D eigenvalue weighted by atomic mass is 32.2. The molecular weight excluding hydrogens is 454 g/mol. The number of sulfonamides is 1. The largest absolute Gasteiger partial charge is 0.449 e. The van der Waals surface area contributed by atoms with Crippen LogP contribution in [0.25, 0.3) is 11.0 Å². The number of nitrogens with zero attached hydrogens (tertiary/aromatic N) is 4. The fourth-order valence-corrected chi connectivity index (χ4v) is 7.32. The molecule has 3 fully saturated rings. The van der Waals surface area contributed by atoms with Crippen LogP contribution in [0.15, 0.2) is 24.5 Å². The molecule has 1 amide bonds. The molecule has 2 aromatic heterocycles. The van der Waals surface area contributed by atoms with Crippen LogP contribution in [0, 0.1) is 0 Å². The molecule has 3 aliphatic rings. The van der Waals surface area contributed by atoms with Crippen LogP contribution >= 0.6 is 0 Å². The number of hydrogen-bond acceptors (Lipinski definition) is 6. The summed E-state index contributed by atoms with van der Waals surface area (Å²) in [6, 6.07) is 3.99. The number of fused-ring (bicyclic) bond motifs is 1. The van der Waals surface area contributed by atoms with Crippen LogP contribution in [0.3, 0.4) is 0 Å². The first-order valence-corrected chi connectivity index (χ1v) is 14.1. The predicted molar refractivity (Wildman–Crippen MR) is 130 cm³/mol. The second kappa shape index (κ2) is 10.2. The second-order valence-corrected chi connectivity index (χ2v) is 12.0. The second-order valence-electron chi connectivity index (χ2n) is 9.76. The maximum atomic E-state index is 13.1. The average molecular weight is 490 g/mol. The monoisotopic (exact) mass is 489 g/mol. The van der Waals surface area contributed by atoms with E-state index in [4.69, 9.17) is 4.74 Å². The number of aromatic amines is 1. The Morgan fingerprint density at radius 1 is 1.12 bits per heavy atom. The van der Waals surface area contributed by atoms with E-state index >= 15 is 0 Å². The lowest BCUT2D eigenvalue weighted by Gasteiger charge is -2.41. The van der Waals surface area contributed by atoms with Crippen molar-refractivity contribution in [1.82, 2.24) is 24.1 Å². The molecule has 34 heavy (non-hydrogen) atoms. The summed E-state index contributed by atoms with van der Waals surface area (Å²) >= 11 is 0. The standard InChI is InChI=1S/C24H35N5O4S/c30-24(33-15-5-12-27-10-2-1-3-11-27)28-17-20(18-28)34(31,32)29-13-7-19(8-14-29)22-16-26-23-21(22)6-4-9-25-23/h4,6,9,16,19-20H,1-3,5,7-8,10-15,17-18H2,(H,25,26). The Balaban J connectivity index is 1.05. The van der Waals surface area contributed by atoms with Gasteiger partial charge in [-0.3, -0.25) is 0 Å². The Kier molecular flexibility index (Phi) is 7.08. The molecule has 3 saturated heterocycles. The minimum Gasteiger partial charge on any atom is -0.449 e. The fourth-order valence-electron chi connectivity index (χ4n) is 5.44. The topological polar surface area (TPSA) is 98.8 Å². The summed E-state index contributed by atoms with van der Waals surface area (Å²) in [5, 5.41) is 0.593. The van der Waals surface area contributed by atoms with Gasteiger partial charge in [0.15, 0.2) is 0 Å². The molecule has 1 N–H and O–H groups in total. The van der Waals surface area contributed by atoms with Crippen molar-refractivity contribution in [3.8, 4) is 0 Å². The number of amides is 1. The normalized spacial score (nSPS) is 21.6. The highest BCUT2D eigenvalue weighted by Gasteiger charge is 2.44. The third-order valence-electron chi connectivity index (χ3n) is 7.56. The summed E-state index contributed by atoms with van der Waals surface area (Å²) in [5.41, 5.74) is 2.10. The van der Waals surface area contributed by atoms with Crippen LogP contribution in [-0.4, -0.2) is 96.3 Å². The van der Waals surface area contributed by atoms with Crippen molar-refractivity contribution < 1.29 is 17.9 Å². The summed E-state index contributed by atoms with van der Waals surface area (Å²) < 4.78 is 33.2. The molecule has 0 radical (unpaired) electrons. The molecule has 0 atom stereocenters. The number of carbonyl (C=O) groups excluding carboxylic acids is 1. The minimum absolute atomic E-state index is 0.224. The molecule has 0 aromatic carbocycles. The van der Waals surface area contributed by atoms with E-state index in [1.54, 1.807) is 10.5 Å². The number of ether oxygens (including phenoxy) is 1. The van der Waals surface area contributed by atoms with Gasteiger partial charge in [0.05, 0.1) is 6.61 Å². The van der Waals surface area contributed by atoms with E-state index in [1.165, 1.54) is 29.7 Å². The minimum atomic E-state index is -3.41. The third-order valence-corrected chi connectivity index (χ3v) is 9.78. The molecule has 9 nitrogen and oxygen atoms in total. The zero-order valence-electron chi connectivity index (χ0n) is 19.7. The smallest absolute Gasteiger partial charge is 0.409 e. The summed E-state index contributed by atoms with van der Waals surface area (Å²) in [5.74, 6) is 0.321. The zero-order chi connectivity index (χ0) is 23.5. The summed E-state index contributed by atoms with van der Waals surface area (Å²) in [6.45, 7) is 5.08. The summed E-state index contributed by atoms with van der Waals surface area (Å²) in [6.07, 6.45) is 9.60. The number of pyridine rings is 1. The molecule has 0 bridgehead atoms. The van der Waals surface area contributed by atoms with Crippen molar-refractivity contribution in [2.75, 3.05) is 52.4 Å². The molecule has 0 unspecified atom stereocenters. The first-order valence-electron chi connectivity index (χ1n) is 12.6. The highest BCUT2D eigenvalue weighted by Crippen LogP contribution is 2.34. The van der Waals surface area contributed by atoms with Crippen LogP contribution in [0.1, 0.15) is 50.0 Å². The van der Waals surface area contributed by atoms with Gasteiger partial charge in [0, 0.05) is 50.5 Å². The maximum absolute atomic E-state index is 13.1. The molecule has 2 aromatic rings. The number of aromatic nitrogens is 2. The van der Waals surface area contributed by atoms with Gasteiger partial charge in [-0.2, -0.15) is 0 Å². The van der Waals surface area contributed by atoms with Gasteiger partial charge in [-0.25, -0.2) is 22.5 Å². The molecular formula is C24H35N5O4S. The van der Waals surface area contributed by atoms with Crippen LogP contribution in [0.5, 0.6) is 0 Å². The molecule has 0 saturated carbocycles. The molecule has 186 valence electrons. The predicted octanol–water partition coefficient (Wildman–Crippen LogP) is 2.77. The third kappa shape index (κ3) is 4.94. The van der Waals surface area contributed by atoms with Gasteiger partial charge in [0.2, 0.25) is 10.0 Å². The zero-order valence-corrected chi connectivity index (χ0v) is 20.5. The van der Waals surface area contributed by atoms with Crippen molar-refractivity contribution >= 4 is 27.1 Å². The Hall–Kier alpha value is -2.17. The van der Waals surface area contributed by atoms with Crippen LogP contribution in [-0.2, 0) is 14.8 Å². The number of hydrogen-bond donors (Lipinski definition) is 1. The van der Waals surface area contributed by atoms with Gasteiger partial charge in [0.25, 0.3) is 0 Å². The van der Waals surface area contributed by atoms with Gasteiger partial charge < -0.3 is 19.5 Å². The van der Waals surface area contributed by atoms with Gasteiger partial charge >= 0.3 is 6.09 Å². The Morgan fingerprint density at radius 3 is 2.65 bits per heavy atom. The van der Waals surface area contributed by atoms with Crippen molar-refractivity contribution in [1.29, 1.82) is 0 Å². The lowest BCUT2D eigenvalue weighted by atomic mass is 9.90. The Morgan fingerprint density at radius 2 is 1.88 bits per heavy atom. The van der Waals surface area contributed by atoms with Gasteiger partial charge in [-0.05, 0) is 68.8 Å². The molecule has 0 spiro atoms. The molecule has 3 aliphatic heterocycles. The number of H-pyrrole nitrogens is 1. The SMILES string of the molecule is O=C(OCCCN1CCCCC1)N1CC(S(=O)(=O)N2CCC(c3c[nH]c4ncccc34)CC2)C1. The van der Waals surface area contributed by atoms with E-state index in [2.05, 4.69) is 20.9 Å².